The van der Waals surface area contributed by atoms with E-state index in [2.05, 4.69) is 40.8 Å². The van der Waals surface area contributed by atoms with Gasteiger partial charge in [0.15, 0.2) is 8.32 Å². The van der Waals surface area contributed by atoms with Gasteiger partial charge in [-0.3, -0.25) is 0 Å². The molecule has 0 fully saturated rings. The first-order chi connectivity index (χ1) is 6.24. The van der Waals surface area contributed by atoms with Crippen LogP contribution in [0.25, 0.3) is 0 Å². The summed E-state index contributed by atoms with van der Waals surface area (Å²) < 4.78 is 6.02. The Morgan fingerprint density at radius 3 is 2.07 bits per heavy atom. The van der Waals surface area contributed by atoms with E-state index in [-0.39, 0.29) is 11.6 Å². The van der Waals surface area contributed by atoms with Gasteiger partial charge in [-0.15, -0.1) is 0 Å². The molecular weight excluding hydrogens is 192 g/mol. The Morgan fingerprint density at radius 1 is 1.29 bits per heavy atom. The lowest BCUT2D eigenvalue weighted by Crippen LogP contribution is -2.42. The number of hydrogen-bond acceptors (Lipinski definition) is 2. The minimum atomic E-state index is -1.61. The van der Waals surface area contributed by atoms with Gasteiger partial charge in [-0.25, -0.2) is 0 Å². The molecule has 1 atom stereocenters. The highest BCUT2D eigenvalue weighted by atomic mass is 28.4. The van der Waals surface area contributed by atoms with E-state index in [0.29, 0.717) is 12.5 Å². The first kappa shape index (κ1) is 14.1. The van der Waals surface area contributed by atoms with Crippen LogP contribution >= 0.6 is 0 Å². The number of aliphatic hydroxyl groups is 1. The predicted molar refractivity (Wildman–Crippen MR) is 64.0 cm³/mol. The average molecular weight is 218 g/mol. The molecule has 0 amide bonds. The SMILES string of the molecule is CCC(CO)CO[Si](C)(C)C(C)(C)C. The van der Waals surface area contributed by atoms with Crippen LogP contribution < -0.4 is 0 Å². The predicted octanol–water partition coefficient (Wildman–Crippen LogP) is 3.03. The number of rotatable bonds is 5. The van der Waals surface area contributed by atoms with Gasteiger partial charge in [0, 0.05) is 19.1 Å². The Morgan fingerprint density at radius 2 is 1.79 bits per heavy atom. The molecule has 0 radical (unpaired) electrons. The van der Waals surface area contributed by atoms with Crippen molar-refractivity contribution >= 4 is 8.32 Å². The third-order valence-corrected chi connectivity index (χ3v) is 7.82. The standard InChI is InChI=1S/C11H26O2Si/c1-7-10(8-12)9-13-14(5,6)11(2,3)4/h10,12H,7-9H2,1-6H3. The molecule has 0 rings (SSSR count). The van der Waals surface area contributed by atoms with Crippen LogP contribution in [-0.2, 0) is 4.43 Å². The minimum Gasteiger partial charge on any atom is -0.416 e. The molecule has 0 aromatic carbocycles. The molecule has 0 saturated heterocycles. The van der Waals surface area contributed by atoms with Crippen LogP contribution in [0.15, 0.2) is 0 Å². The fourth-order valence-corrected chi connectivity index (χ4v) is 1.93. The van der Waals surface area contributed by atoms with Crippen LogP contribution in [0.1, 0.15) is 34.1 Å². The van der Waals surface area contributed by atoms with Gasteiger partial charge in [0.25, 0.3) is 0 Å². The summed E-state index contributed by atoms with van der Waals surface area (Å²) in [6.07, 6.45) is 0.991. The summed E-state index contributed by atoms with van der Waals surface area (Å²) in [7, 11) is -1.61. The van der Waals surface area contributed by atoms with Crippen LogP contribution in [0, 0.1) is 5.92 Å². The van der Waals surface area contributed by atoms with Gasteiger partial charge in [0.1, 0.15) is 0 Å². The zero-order valence-corrected chi connectivity index (χ0v) is 11.6. The molecule has 0 heterocycles. The second-order valence-corrected chi connectivity index (χ2v) is 10.3. The second kappa shape index (κ2) is 5.28. The van der Waals surface area contributed by atoms with Crippen molar-refractivity contribution in [2.24, 2.45) is 5.92 Å². The molecule has 0 aliphatic heterocycles. The van der Waals surface area contributed by atoms with Gasteiger partial charge in [-0.05, 0) is 24.6 Å². The molecule has 3 heteroatoms. The minimum absolute atomic E-state index is 0.241. The topological polar surface area (TPSA) is 29.5 Å². The molecule has 0 bridgehead atoms. The highest BCUT2D eigenvalue weighted by Gasteiger charge is 2.37. The third-order valence-electron chi connectivity index (χ3n) is 3.32. The zero-order chi connectivity index (χ0) is 11.4. The van der Waals surface area contributed by atoms with E-state index >= 15 is 0 Å². The Hall–Kier alpha value is 0.137. The maximum atomic E-state index is 9.06. The van der Waals surface area contributed by atoms with Gasteiger partial charge in [0.2, 0.25) is 0 Å². The lowest BCUT2D eigenvalue weighted by molar-refractivity contribution is 0.151. The van der Waals surface area contributed by atoms with Crippen molar-refractivity contribution < 1.29 is 9.53 Å². The molecule has 1 N–H and O–H groups in total. The van der Waals surface area contributed by atoms with Crippen molar-refractivity contribution in [3.8, 4) is 0 Å². The molecule has 0 aliphatic rings. The summed E-state index contributed by atoms with van der Waals surface area (Å²) in [4.78, 5) is 0. The van der Waals surface area contributed by atoms with Gasteiger partial charge >= 0.3 is 0 Å². The Balaban J connectivity index is 4.11. The fourth-order valence-electron chi connectivity index (χ4n) is 0.842. The van der Waals surface area contributed by atoms with Crippen LogP contribution in [0.5, 0.6) is 0 Å². The van der Waals surface area contributed by atoms with Gasteiger partial charge in [-0.2, -0.15) is 0 Å². The monoisotopic (exact) mass is 218 g/mol. The molecule has 0 aliphatic carbocycles. The summed E-state index contributed by atoms with van der Waals surface area (Å²) in [6.45, 7) is 14.2. The number of hydrogen-bond donors (Lipinski definition) is 1. The molecular formula is C11H26O2Si. The molecule has 0 spiro atoms. The van der Waals surface area contributed by atoms with E-state index < -0.39 is 8.32 Å². The Labute approximate surface area is 89.8 Å². The van der Waals surface area contributed by atoms with E-state index in [0.717, 1.165) is 6.42 Å². The summed E-state index contributed by atoms with van der Waals surface area (Å²) in [5, 5.41) is 9.33. The molecule has 2 nitrogen and oxygen atoms in total. The lowest BCUT2D eigenvalue weighted by Gasteiger charge is -2.37. The van der Waals surface area contributed by atoms with E-state index in [1.807, 2.05) is 0 Å². The summed E-state index contributed by atoms with van der Waals surface area (Å²) in [5.74, 6) is 0.309. The van der Waals surface area contributed by atoms with Crippen LogP contribution in [0.2, 0.25) is 18.1 Å². The molecule has 0 aromatic rings. The first-order valence-electron chi connectivity index (χ1n) is 5.49. The van der Waals surface area contributed by atoms with E-state index in [9.17, 15) is 0 Å². The maximum absolute atomic E-state index is 9.06. The number of aliphatic hydroxyl groups excluding tert-OH is 1. The molecule has 0 aromatic heterocycles. The maximum Gasteiger partial charge on any atom is 0.191 e. The van der Waals surface area contributed by atoms with Gasteiger partial charge in [0.05, 0.1) is 0 Å². The Bertz CT molecular complexity index is 157. The fraction of sp³-hybridized carbons (Fsp3) is 1.00. The van der Waals surface area contributed by atoms with E-state index in [1.54, 1.807) is 0 Å². The summed E-state index contributed by atoms with van der Waals surface area (Å²) >= 11 is 0. The molecule has 14 heavy (non-hydrogen) atoms. The highest BCUT2D eigenvalue weighted by molar-refractivity contribution is 6.74. The Kier molecular flexibility index (Phi) is 5.34. The van der Waals surface area contributed by atoms with Crippen LogP contribution in [0.3, 0.4) is 0 Å². The highest BCUT2D eigenvalue weighted by Crippen LogP contribution is 2.36. The smallest absolute Gasteiger partial charge is 0.191 e. The molecule has 1 unspecified atom stereocenters. The summed E-state index contributed by atoms with van der Waals surface area (Å²) in [5.41, 5.74) is 0. The molecule has 86 valence electrons. The third kappa shape index (κ3) is 4.11. The largest absolute Gasteiger partial charge is 0.416 e. The summed E-state index contributed by atoms with van der Waals surface area (Å²) in [6, 6.07) is 0. The normalized spacial score (nSPS) is 15.6. The quantitative estimate of drug-likeness (QED) is 0.719. The second-order valence-electron chi connectivity index (χ2n) is 5.53. The first-order valence-corrected chi connectivity index (χ1v) is 8.40. The van der Waals surface area contributed by atoms with Crippen molar-refractivity contribution in [3.63, 3.8) is 0 Å². The van der Waals surface area contributed by atoms with Crippen molar-refractivity contribution in [2.75, 3.05) is 13.2 Å². The van der Waals surface area contributed by atoms with Crippen molar-refractivity contribution in [2.45, 2.75) is 52.2 Å². The van der Waals surface area contributed by atoms with Crippen molar-refractivity contribution in [3.05, 3.63) is 0 Å². The zero-order valence-electron chi connectivity index (χ0n) is 10.6. The average Bonchev–Trinajstić information content (AvgIpc) is 2.04. The van der Waals surface area contributed by atoms with Gasteiger partial charge in [-0.1, -0.05) is 27.7 Å². The van der Waals surface area contributed by atoms with Crippen molar-refractivity contribution in [1.29, 1.82) is 0 Å². The van der Waals surface area contributed by atoms with E-state index in [1.165, 1.54) is 0 Å². The lowest BCUT2D eigenvalue weighted by atomic mass is 10.1. The van der Waals surface area contributed by atoms with Crippen molar-refractivity contribution in [1.82, 2.24) is 0 Å². The van der Waals surface area contributed by atoms with Crippen LogP contribution in [-0.4, -0.2) is 26.6 Å². The van der Waals surface area contributed by atoms with Gasteiger partial charge < -0.3 is 9.53 Å². The van der Waals surface area contributed by atoms with E-state index in [4.69, 9.17) is 9.53 Å². The van der Waals surface area contributed by atoms with Crippen LogP contribution in [0.4, 0.5) is 0 Å². The molecule has 0 saturated carbocycles.